The van der Waals surface area contributed by atoms with Gasteiger partial charge in [0.15, 0.2) is 5.82 Å². The smallest absolute Gasteiger partial charge is 0.263 e. The van der Waals surface area contributed by atoms with Crippen molar-refractivity contribution in [2.45, 2.75) is 4.90 Å². The summed E-state index contributed by atoms with van der Waals surface area (Å²) in [5.41, 5.74) is 0. The Balaban J connectivity index is 1.99. The van der Waals surface area contributed by atoms with Crippen LogP contribution in [0.5, 0.6) is 0 Å². The van der Waals surface area contributed by atoms with Crippen molar-refractivity contribution >= 4 is 21.7 Å². The second kappa shape index (κ2) is 7.19. The van der Waals surface area contributed by atoms with Crippen LogP contribution in [0, 0.1) is 0 Å². The van der Waals surface area contributed by atoms with Gasteiger partial charge in [0.1, 0.15) is 5.82 Å². The van der Waals surface area contributed by atoms with E-state index in [1.54, 1.807) is 30.3 Å². The van der Waals surface area contributed by atoms with Crippen LogP contribution >= 0.6 is 0 Å². The summed E-state index contributed by atoms with van der Waals surface area (Å²) in [5, 5.41) is 10.9. The van der Waals surface area contributed by atoms with E-state index < -0.39 is 10.0 Å². The molecule has 1 aromatic carbocycles. The molecule has 0 fully saturated rings. The number of sulfonamides is 1. The van der Waals surface area contributed by atoms with Gasteiger partial charge in [0.25, 0.3) is 10.0 Å². The highest BCUT2D eigenvalue weighted by atomic mass is 32.2. The normalized spacial score (nSPS) is 11.4. The number of hydrogen-bond donors (Lipinski definition) is 2. The lowest BCUT2D eigenvalue weighted by Crippen LogP contribution is -2.21. The number of benzene rings is 1. The maximum Gasteiger partial charge on any atom is 0.263 e. The standard InChI is InChI=1S/C14H19N5O2S/c1-19(2)11-10-15-13-8-9-14(17-16-13)18-22(20,21)12-6-4-3-5-7-12/h3-9H,10-11H2,1-2H3,(H,15,16)(H,17,18). The summed E-state index contributed by atoms with van der Waals surface area (Å²) in [6.07, 6.45) is 0. The summed E-state index contributed by atoms with van der Waals surface area (Å²) in [7, 11) is 0.328. The molecule has 0 bridgehead atoms. The van der Waals surface area contributed by atoms with E-state index in [1.807, 2.05) is 19.0 Å². The van der Waals surface area contributed by atoms with Gasteiger partial charge >= 0.3 is 0 Å². The third-order valence-corrected chi connectivity index (χ3v) is 4.19. The van der Waals surface area contributed by atoms with Gasteiger partial charge in [-0.25, -0.2) is 8.42 Å². The number of likely N-dealkylation sites (N-methyl/N-ethyl adjacent to an activating group) is 1. The van der Waals surface area contributed by atoms with Crippen LogP contribution in [0.2, 0.25) is 0 Å². The first-order valence-electron chi connectivity index (χ1n) is 6.77. The number of rotatable bonds is 7. The molecule has 0 unspecified atom stereocenters. The molecule has 0 amide bonds. The molecule has 2 N–H and O–H groups in total. The zero-order valence-corrected chi connectivity index (χ0v) is 13.3. The molecule has 0 saturated carbocycles. The van der Waals surface area contributed by atoms with E-state index >= 15 is 0 Å². The number of nitrogens with zero attached hydrogens (tertiary/aromatic N) is 3. The molecular weight excluding hydrogens is 302 g/mol. The largest absolute Gasteiger partial charge is 0.367 e. The highest BCUT2D eigenvalue weighted by Crippen LogP contribution is 2.14. The molecule has 0 saturated heterocycles. The van der Waals surface area contributed by atoms with Crippen LogP contribution in [0.25, 0.3) is 0 Å². The van der Waals surface area contributed by atoms with Gasteiger partial charge in [0.05, 0.1) is 4.90 Å². The molecule has 8 heteroatoms. The summed E-state index contributed by atoms with van der Waals surface area (Å²) in [5.74, 6) is 0.784. The van der Waals surface area contributed by atoms with Gasteiger partial charge < -0.3 is 10.2 Å². The van der Waals surface area contributed by atoms with E-state index in [9.17, 15) is 8.42 Å². The van der Waals surface area contributed by atoms with Gasteiger partial charge in [-0.1, -0.05) is 18.2 Å². The molecule has 2 rings (SSSR count). The van der Waals surface area contributed by atoms with Crippen LogP contribution in [0.4, 0.5) is 11.6 Å². The summed E-state index contributed by atoms with van der Waals surface area (Å²) in [4.78, 5) is 2.23. The van der Waals surface area contributed by atoms with Crippen molar-refractivity contribution in [2.75, 3.05) is 37.2 Å². The minimum Gasteiger partial charge on any atom is -0.367 e. The van der Waals surface area contributed by atoms with E-state index in [2.05, 4.69) is 20.2 Å². The second-order valence-corrected chi connectivity index (χ2v) is 6.63. The Morgan fingerprint density at radius 3 is 2.23 bits per heavy atom. The van der Waals surface area contributed by atoms with Crippen LogP contribution in [-0.2, 0) is 10.0 Å². The lowest BCUT2D eigenvalue weighted by Gasteiger charge is -2.11. The molecule has 118 valence electrons. The van der Waals surface area contributed by atoms with Crippen LogP contribution in [0.1, 0.15) is 0 Å². The molecule has 0 aliphatic carbocycles. The van der Waals surface area contributed by atoms with Gasteiger partial charge in [-0.3, -0.25) is 4.72 Å². The molecule has 1 aromatic heterocycles. The van der Waals surface area contributed by atoms with Crippen molar-refractivity contribution < 1.29 is 8.42 Å². The van der Waals surface area contributed by atoms with Crippen molar-refractivity contribution in [3.05, 3.63) is 42.5 Å². The summed E-state index contributed by atoms with van der Waals surface area (Å²) in [6, 6.07) is 11.4. The maximum absolute atomic E-state index is 12.1. The Morgan fingerprint density at radius 1 is 1.00 bits per heavy atom. The number of aromatic nitrogens is 2. The highest BCUT2D eigenvalue weighted by Gasteiger charge is 2.14. The Hall–Kier alpha value is -2.19. The van der Waals surface area contributed by atoms with E-state index in [4.69, 9.17) is 0 Å². The second-order valence-electron chi connectivity index (χ2n) is 4.95. The van der Waals surface area contributed by atoms with E-state index in [1.165, 1.54) is 12.1 Å². The van der Waals surface area contributed by atoms with Crippen LogP contribution in [0.15, 0.2) is 47.4 Å². The fraction of sp³-hybridized carbons (Fsp3) is 0.286. The lowest BCUT2D eigenvalue weighted by molar-refractivity contribution is 0.425. The topological polar surface area (TPSA) is 87.2 Å². The zero-order valence-electron chi connectivity index (χ0n) is 12.5. The molecule has 2 aromatic rings. The minimum absolute atomic E-state index is 0.182. The van der Waals surface area contributed by atoms with Crippen molar-refractivity contribution in [3.63, 3.8) is 0 Å². The molecule has 0 spiro atoms. The van der Waals surface area contributed by atoms with Crippen LogP contribution in [0.3, 0.4) is 0 Å². The summed E-state index contributed by atoms with van der Waals surface area (Å²) < 4.78 is 26.7. The maximum atomic E-state index is 12.1. The third kappa shape index (κ3) is 4.68. The molecule has 7 nitrogen and oxygen atoms in total. The monoisotopic (exact) mass is 321 g/mol. The molecule has 1 heterocycles. The fourth-order valence-electron chi connectivity index (χ4n) is 1.68. The van der Waals surface area contributed by atoms with Crippen molar-refractivity contribution in [2.24, 2.45) is 0 Å². The SMILES string of the molecule is CN(C)CCNc1ccc(NS(=O)(=O)c2ccccc2)nn1. The Kier molecular flexibility index (Phi) is 5.29. The van der Waals surface area contributed by atoms with Gasteiger partial charge in [0, 0.05) is 13.1 Å². The van der Waals surface area contributed by atoms with Crippen molar-refractivity contribution in [3.8, 4) is 0 Å². The van der Waals surface area contributed by atoms with Gasteiger partial charge in [-0.2, -0.15) is 0 Å². The first kappa shape index (κ1) is 16.2. The van der Waals surface area contributed by atoms with Crippen LogP contribution < -0.4 is 10.0 Å². The minimum atomic E-state index is -3.63. The average molecular weight is 321 g/mol. The van der Waals surface area contributed by atoms with Gasteiger partial charge in [0.2, 0.25) is 0 Å². The molecule has 22 heavy (non-hydrogen) atoms. The molecule has 0 aliphatic heterocycles. The molecule has 0 aliphatic rings. The van der Waals surface area contributed by atoms with Gasteiger partial charge in [-0.05, 0) is 38.4 Å². The summed E-state index contributed by atoms with van der Waals surface area (Å²) >= 11 is 0. The fourth-order valence-corrected chi connectivity index (χ4v) is 2.70. The first-order valence-corrected chi connectivity index (χ1v) is 8.26. The number of anilines is 2. The Morgan fingerprint density at radius 2 is 1.64 bits per heavy atom. The Bertz CT molecular complexity index is 687. The van der Waals surface area contributed by atoms with E-state index in [0.29, 0.717) is 5.82 Å². The zero-order chi connectivity index (χ0) is 16.0. The quantitative estimate of drug-likeness (QED) is 0.798. The summed E-state index contributed by atoms with van der Waals surface area (Å²) in [6.45, 7) is 1.60. The molecular formula is C14H19N5O2S. The lowest BCUT2D eigenvalue weighted by atomic mass is 10.4. The van der Waals surface area contributed by atoms with Gasteiger partial charge in [-0.15, -0.1) is 10.2 Å². The average Bonchev–Trinajstić information content (AvgIpc) is 2.49. The number of hydrogen-bond acceptors (Lipinski definition) is 6. The highest BCUT2D eigenvalue weighted by molar-refractivity contribution is 7.92. The first-order chi connectivity index (χ1) is 10.5. The van der Waals surface area contributed by atoms with E-state index in [-0.39, 0.29) is 10.7 Å². The van der Waals surface area contributed by atoms with Crippen LogP contribution in [-0.4, -0.2) is 50.7 Å². The number of nitrogens with one attached hydrogen (secondary N) is 2. The predicted molar refractivity (Wildman–Crippen MR) is 86.3 cm³/mol. The Labute approximate surface area is 130 Å². The van der Waals surface area contributed by atoms with Crippen molar-refractivity contribution in [1.82, 2.24) is 15.1 Å². The molecule has 0 radical (unpaired) electrons. The van der Waals surface area contributed by atoms with Crippen molar-refractivity contribution in [1.29, 1.82) is 0 Å². The molecule has 0 atom stereocenters. The van der Waals surface area contributed by atoms with E-state index in [0.717, 1.165) is 13.1 Å². The third-order valence-electron chi connectivity index (χ3n) is 2.82. The predicted octanol–water partition coefficient (Wildman–Crippen LogP) is 1.25.